The Hall–Kier alpha value is -1.89. The number of rotatable bonds is 4. The van der Waals surface area contributed by atoms with Crippen LogP contribution in [0.4, 0.5) is 4.79 Å². The van der Waals surface area contributed by atoms with Crippen LogP contribution in [0.3, 0.4) is 0 Å². The van der Waals surface area contributed by atoms with Gasteiger partial charge in [0.15, 0.2) is 5.11 Å². The summed E-state index contributed by atoms with van der Waals surface area (Å²) in [7, 11) is 0. The van der Waals surface area contributed by atoms with Crippen molar-refractivity contribution in [1.82, 2.24) is 15.2 Å². The van der Waals surface area contributed by atoms with Gasteiger partial charge in [0, 0.05) is 11.2 Å². The second-order valence-electron chi connectivity index (χ2n) is 10.1. The minimum absolute atomic E-state index is 0.131. The highest BCUT2D eigenvalue weighted by molar-refractivity contribution is 7.80. The maximum atomic E-state index is 13.7. The van der Waals surface area contributed by atoms with Crippen molar-refractivity contribution in [2.45, 2.75) is 64.6 Å². The van der Waals surface area contributed by atoms with Gasteiger partial charge in [0.25, 0.3) is 0 Å². The fraction of sp³-hybridized carbons (Fsp3) is 0.500. The molecule has 182 valence electrons. The Morgan fingerprint density at radius 2 is 1.91 bits per heavy atom. The Bertz CT molecular complexity index is 1050. The molecule has 1 saturated heterocycles. The van der Waals surface area contributed by atoms with E-state index < -0.39 is 17.7 Å². The average molecular weight is 521 g/mol. The monoisotopic (exact) mass is 519 g/mol. The van der Waals surface area contributed by atoms with Gasteiger partial charge in [0.2, 0.25) is 0 Å². The van der Waals surface area contributed by atoms with E-state index in [4.69, 9.17) is 40.2 Å². The molecular formula is C26H31Cl2N3O2S. The number of nitrogens with one attached hydrogen (secondary N) is 1. The number of halogens is 2. The number of hydrogen-bond acceptors (Lipinski definition) is 4. The minimum Gasteiger partial charge on any atom is -0.445 e. The van der Waals surface area contributed by atoms with E-state index in [2.05, 4.69) is 31.1 Å². The zero-order valence-electron chi connectivity index (χ0n) is 19.9. The highest BCUT2D eigenvalue weighted by atomic mass is 35.5. The Balaban J connectivity index is 1.71. The third-order valence-corrected chi connectivity index (χ3v) is 8.09. The van der Waals surface area contributed by atoms with Crippen molar-refractivity contribution < 1.29 is 9.53 Å². The molecule has 0 bridgehead atoms. The van der Waals surface area contributed by atoms with Gasteiger partial charge >= 0.3 is 6.09 Å². The number of amides is 1. The lowest BCUT2D eigenvalue weighted by Gasteiger charge is -2.38. The second kappa shape index (κ2) is 10.00. The molecule has 2 heterocycles. The molecule has 1 unspecified atom stereocenters. The number of aromatic nitrogens is 1. The first kappa shape index (κ1) is 25.2. The predicted molar refractivity (Wildman–Crippen MR) is 140 cm³/mol. The molecule has 1 saturated carbocycles. The lowest BCUT2D eigenvalue weighted by Crippen LogP contribution is -2.43. The normalized spacial score (nSPS) is 29.3. The van der Waals surface area contributed by atoms with E-state index in [1.807, 2.05) is 37.3 Å². The van der Waals surface area contributed by atoms with E-state index in [0.717, 1.165) is 30.4 Å². The molecule has 2 fully saturated rings. The van der Waals surface area contributed by atoms with Crippen molar-refractivity contribution in [3.05, 3.63) is 63.9 Å². The van der Waals surface area contributed by atoms with Gasteiger partial charge in [0.05, 0.1) is 11.6 Å². The molecule has 2 aliphatic rings. The van der Waals surface area contributed by atoms with Gasteiger partial charge < -0.3 is 10.1 Å². The fourth-order valence-corrected chi connectivity index (χ4v) is 6.02. The van der Waals surface area contributed by atoms with E-state index in [1.165, 1.54) is 0 Å². The number of carbonyl (C=O) groups excluding carboxylic acids is 1. The third-order valence-electron chi connectivity index (χ3n) is 7.31. The van der Waals surface area contributed by atoms with E-state index in [9.17, 15) is 4.79 Å². The summed E-state index contributed by atoms with van der Waals surface area (Å²) in [5.74, 6) is 1.30. The van der Waals surface area contributed by atoms with Gasteiger partial charge in [-0.1, -0.05) is 68.6 Å². The third kappa shape index (κ3) is 4.91. The van der Waals surface area contributed by atoms with Crippen LogP contribution in [0.1, 0.15) is 64.1 Å². The Morgan fingerprint density at radius 3 is 2.53 bits per heavy atom. The lowest BCUT2D eigenvalue weighted by atomic mass is 9.75. The van der Waals surface area contributed by atoms with Crippen LogP contribution in [-0.2, 0) is 10.3 Å². The van der Waals surface area contributed by atoms with Crippen molar-refractivity contribution in [2.24, 2.45) is 17.8 Å². The van der Waals surface area contributed by atoms with E-state index in [-0.39, 0.29) is 6.10 Å². The molecule has 5 nitrogen and oxygen atoms in total. The summed E-state index contributed by atoms with van der Waals surface area (Å²) in [5.41, 5.74) is 1.02. The zero-order chi connectivity index (χ0) is 24.6. The predicted octanol–water partition coefficient (Wildman–Crippen LogP) is 7.13. The van der Waals surface area contributed by atoms with Crippen LogP contribution < -0.4 is 5.32 Å². The van der Waals surface area contributed by atoms with E-state index in [0.29, 0.717) is 33.0 Å². The van der Waals surface area contributed by atoms with Crippen molar-refractivity contribution >= 4 is 46.6 Å². The van der Waals surface area contributed by atoms with E-state index in [1.54, 1.807) is 17.2 Å². The van der Waals surface area contributed by atoms with Crippen LogP contribution in [0.2, 0.25) is 10.2 Å². The van der Waals surface area contributed by atoms with Crippen LogP contribution in [0.5, 0.6) is 0 Å². The minimum atomic E-state index is -0.737. The molecule has 0 spiro atoms. The molecule has 34 heavy (non-hydrogen) atoms. The highest BCUT2D eigenvalue weighted by Crippen LogP contribution is 2.45. The van der Waals surface area contributed by atoms with E-state index >= 15 is 0 Å². The summed E-state index contributed by atoms with van der Waals surface area (Å²) < 4.78 is 6.21. The van der Waals surface area contributed by atoms with Gasteiger partial charge in [0.1, 0.15) is 11.3 Å². The smallest absolute Gasteiger partial charge is 0.417 e. The summed E-state index contributed by atoms with van der Waals surface area (Å²) in [6.45, 7) is 8.63. The first-order chi connectivity index (χ1) is 16.1. The van der Waals surface area contributed by atoms with Gasteiger partial charge in [-0.25, -0.2) is 14.7 Å². The Kier molecular flexibility index (Phi) is 7.41. The average Bonchev–Trinajstić information content (AvgIpc) is 3.05. The van der Waals surface area contributed by atoms with Crippen LogP contribution in [0.15, 0.2) is 42.6 Å². The molecule has 1 aromatic carbocycles. The van der Waals surface area contributed by atoms with Crippen molar-refractivity contribution in [3.63, 3.8) is 0 Å². The topological polar surface area (TPSA) is 54.5 Å². The number of thiocarbonyl (C=S) groups is 1. The Morgan fingerprint density at radius 1 is 1.21 bits per heavy atom. The maximum absolute atomic E-state index is 13.7. The van der Waals surface area contributed by atoms with Crippen molar-refractivity contribution in [3.8, 4) is 0 Å². The summed E-state index contributed by atoms with van der Waals surface area (Å²) in [4.78, 5) is 19.6. The quantitative estimate of drug-likeness (QED) is 0.343. The zero-order valence-corrected chi connectivity index (χ0v) is 22.3. The van der Waals surface area contributed by atoms with Crippen LogP contribution >= 0.6 is 35.4 Å². The van der Waals surface area contributed by atoms with Crippen LogP contribution in [0.25, 0.3) is 0 Å². The van der Waals surface area contributed by atoms with Crippen molar-refractivity contribution in [1.29, 1.82) is 0 Å². The largest absolute Gasteiger partial charge is 0.445 e. The first-order valence-electron chi connectivity index (χ1n) is 11.8. The number of pyridine rings is 1. The molecule has 1 aliphatic carbocycles. The SMILES string of the molecule is CC(C)C1CC[C@@H](C)C[C@H]1OC(=O)N1C(=S)N[C@@](C)(c2ccc(Cl)nc2)[C@H]1c1ccc(Cl)cc1. The molecule has 2 aromatic rings. The summed E-state index contributed by atoms with van der Waals surface area (Å²) >= 11 is 17.9. The Labute approximate surface area is 217 Å². The molecule has 4 rings (SSSR count). The highest BCUT2D eigenvalue weighted by Gasteiger charge is 2.52. The number of ether oxygens (including phenoxy) is 1. The van der Waals surface area contributed by atoms with Crippen LogP contribution in [0, 0.1) is 17.8 Å². The van der Waals surface area contributed by atoms with Gasteiger partial charge in [-0.05, 0) is 79.1 Å². The molecule has 8 heteroatoms. The summed E-state index contributed by atoms with van der Waals surface area (Å²) in [6.07, 6.45) is 4.26. The standard InChI is InChI=1S/C26H31Cl2N3O2S/c1-15(2)20-11-5-16(3)13-21(20)33-25(32)31-23(17-6-9-19(27)10-7-17)26(4,30-24(31)34)18-8-12-22(28)29-14-18/h6-10,12,14-16,20-21,23H,5,11,13H2,1-4H3,(H,30,34)/t16-,20?,21-,23-,26+/m1/s1. The molecule has 0 radical (unpaired) electrons. The molecule has 1 aromatic heterocycles. The van der Waals surface area contributed by atoms with Gasteiger partial charge in [-0.2, -0.15) is 0 Å². The maximum Gasteiger partial charge on any atom is 0.417 e. The summed E-state index contributed by atoms with van der Waals surface area (Å²) in [5, 5.41) is 4.73. The number of benzene rings is 1. The number of carbonyl (C=O) groups is 1. The van der Waals surface area contributed by atoms with Crippen molar-refractivity contribution in [2.75, 3.05) is 0 Å². The second-order valence-corrected chi connectivity index (χ2v) is 11.3. The number of hydrogen-bond donors (Lipinski definition) is 1. The van der Waals surface area contributed by atoms with Gasteiger partial charge in [-0.15, -0.1) is 0 Å². The first-order valence-corrected chi connectivity index (χ1v) is 13.0. The van der Waals surface area contributed by atoms with Gasteiger partial charge in [-0.3, -0.25) is 0 Å². The summed E-state index contributed by atoms with van der Waals surface area (Å²) in [6, 6.07) is 10.7. The number of nitrogens with zero attached hydrogens (tertiary/aromatic N) is 2. The lowest BCUT2D eigenvalue weighted by molar-refractivity contribution is -0.00700. The molecule has 1 aliphatic heterocycles. The fourth-order valence-electron chi connectivity index (χ4n) is 5.39. The molecule has 1 amide bonds. The molecular weight excluding hydrogens is 489 g/mol. The van der Waals surface area contributed by atoms with Crippen LogP contribution in [-0.4, -0.2) is 27.2 Å². The molecule has 5 atom stereocenters. The molecule has 1 N–H and O–H groups in total.